The molecule has 1 N–H and O–H groups in total. The number of rotatable bonds is 2. The van der Waals surface area contributed by atoms with Gasteiger partial charge in [0.1, 0.15) is 11.6 Å². The van der Waals surface area contributed by atoms with Crippen LogP contribution in [0.25, 0.3) is 22.8 Å². The Kier molecular flexibility index (Phi) is 3.17. The molecule has 0 amide bonds. The second-order valence-electron chi connectivity index (χ2n) is 4.89. The first-order chi connectivity index (χ1) is 10.0. The van der Waals surface area contributed by atoms with Gasteiger partial charge in [0.05, 0.1) is 0 Å². The molecule has 3 aromatic rings. The lowest BCUT2D eigenvalue weighted by Crippen LogP contribution is -1.86. The minimum Gasteiger partial charge on any atom is -0.508 e. The van der Waals surface area contributed by atoms with Gasteiger partial charge < -0.3 is 9.63 Å². The van der Waals surface area contributed by atoms with Crippen molar-refractivity contribution in [3.63, 3.8) is 0 Å². The van der Waals surface area contributed by atoms with Gasteiger partial charge in [0.25, 0.3) is 5.89 Å². The molecule has 0 saturated heterocycles. The molecule has 0 radical (unpaired) electrons. The van der Waals surface area contributed by atoms with E-state index in [-0.39, 0.29) is 11.6 Å². The summed E-state index contributed by atoms with van der Waals surface area (Å²) in [5.41, 5.74) is 2.61. The van der Waals surface area contributed by atoms with Crippen molar-refractivity contribution in [3.05, 3.63) is 53.3 Å². The first-order valence-electron chi connectivity index (χ1n) is 6.45. The van der Waals surface area contributed by atoms with Crippen molar-refractivity contribution < 1.29 is 14.0 Å². The van der Waals surface area contributed by atoms with Crippen molar-refractivity contribution in [2.45, 2.75) is 13.8 Å². The van der Waals surface area contributed by atoms with Crippen molar-refractivity contribution in [3.8, 4) is 28.6 Å². The summed E-state index contributed by atoms with van der Waals surface area (Å²) in [6.45, 7) is 3.48. The maximum Gasteiger partial charge on any atom is 0.258 e. The van der Waals surface area contributed by atoms with E-state index in [1.54, 1.807) is 44.2 Å². The minimum absolute atomic E-state index is 0.171. The van der Waals surface area contributed by atoms with Crippen LogP contribution < -0.4 is 0 Å². The highest BCUT2D eigenvalue weighted by molar-refractivity contribution is 5.62. The molecule has 0 atom stereocenters. The summed E-state index contributed by atoms with van der Waals surface area (Å²) in [4.78, 5) is 4.28. The number of phenols is 1. The maximum atomic E-state index is 13.3. The summed E-state index contributed by atoms with van der Waals surface area (Å²) in [5.74, 6) is 0.589. The van der Waals surface area contributed by atoms with E-state index in [0.717, 1.165) is 5.56 Å². The van der Waals surface area contributed by atoms with Gasteiger partial charge in [-0.1, -0.05) is 11.2 Å². The summed E-state index contributed by atoms with van der Waals surface area (Å²) in [6.07, 6.45) is 0. The molecule has 0 aliphatic heterocycles. The average molecular weight is 284 g/mol. The van der Waals surface area contributed by atoms with Crippen LogP contribution in [-0.4, -0.2) is 15.2 Å². The van der Waals surface area contributed by atoms with Crippen molar-refractivity contribution in [1.82, 2.24) is 10.1 Å². The fourth-order valence-corrected chi connectivity index (χ4v) is 1.98. The van der Waals surface area contributed by atoms with E-state index < -0.39 is 0 Å². The van der Waals surface area contributed by atoms with Gasteiger partial charge in [0, 0.05) is 11.1 Å². The molecule has 4 nitrogen and oxygen atoms in total. The van der Waals surface area contributed by atoms with Crippen LogP contribution >= 0.6 is 0 Å². The van der Waals surface area contributed by atoms with Gasteiger partial charge >= 0.3 is 0 Å². The third-order valence-electron chi connectivity index (χ3n) is 3.30. The van der Waals surface area contributed by atoms with Crippen LogP contribution in [0.3, 0.4) is 0 Å². The highest BCUT2D eigenvalue weighted by Crippen LogP contribution is 2.27. The summed E-state index contributed by atoms with van der Waals surface area (Å²) >= 11 is 0. The van der Waals surface area contributed by atoms with Crippen molar-refractivity contribution in [2.24, 2.45) is 0 Å². The molecule has 3 rings (SSSR count). The van der Waals surface area contributed by atoms with E-state index in [4.69, 9.17) is 4.52 Å². The lowest BCUT2D eigenvalue weighted by atomic mass is 10.1. The fraction of sp³-hybridized carbons (Fsp3) is 0.125. The van der Waals surface area contributed by atoms with Gasteiger partial charge in [0.15, 0.2) is 0 Å². The molecule has 0 aliphatic rings. The first-order valence-corrected chi connectivity index (χ1v) is 6.45. The third kappa shape index (κ3) is 2.50. The topological polar surface area (TPSA) is 59.2 Å². The SMILES string of the molecule is Cc1ccc(-c2nc(-c3ccc(F)c(C)c3)no2)cc1O. The quantitative estimate of drug-likeness (QED) is 0.776. The number of benzene rings is 2. The molecule has 0 saturated carbocycles. The Morgan fingerprint density at radius 1 is 1.00 bits per heavy atom. The van der Waals surface area contributed by atoms with Crippen molar-refractivity contribution in [2.75, 3.05) is 0 Å². The molecule has 21 heavy (non-hydrogen) atoms. The third-order valence-corrected chi connectivity index (χ3v) is 3.30. The van der Waals surface area contributed by atoms with Crippen LogP contribution in [0, 0.1) is 19.7 Å². The lowest BCUT2D eigenvalue weighted by Gasteiger charge is -1.99. The van der Waals surface area contributed by atoms with Crippen LogP contribution in [0.4, 0.5) is 4.39 Å². The average Bonchev–Trinajstić information content (AvgIpc) is 2.94. The lowest BCUT2D eigenvalue weighted by molar-refractivity contribution is 0.431. The smallest absolute Gasteiger partial charge is 0.258 e. The fourth-order valence-electron chi connectivity index (χ4n) is 1.98. The van der Waals surface area contributed by atoms with Gasteiger partial charge in [-0.15, -0.1) is 0 Å². The normalized spacial score (nSPS) is 10.8. The van der Waals surface area contributed by atoms with Crippen LogP contribution in [0.15, 0.2) is 40.9 Å². The van der Waals surface area contributed by atoms with E-state index in [9.17, 15) is 9.50 Å². The molecular formula is C16H13FN2O2. The second kappa shape index (κ2) is 5.01. The standard InChI is InChI=1S/C16H13FN2O2/c1-9-3-4-12(8-14(9)20)16-18-15(19-21-16)11-5-6-13(17)10(2)7-11/h3-8,20H,1-2H3. The van der Waals surface area contributed by atoms with Gasteiger partial charge in [0.2, 0.25) is 5.82 Å². The Labute approximate surface area is 120 Å². The Bertz CT molecular complexity index is 746. The van der Waals surface area contributed by atoms with Crippen LogP contribution in [0.5, 0.6) is 5.75 Å². The number of halogens is 1. The molecule has 0 bridgehead atoms. The molecule has 0 fully saturated rings. The van der Waals surface area contributed by atoms with Gasteiger partial charge in [-0.05, 0) is 55.3 Å². The zero-order valence-electron chi connectivity index (χ0n) is 11.6. The van der Waals surface area contributed by atoms with Gasteiger partial charge in [-0.25, -0.2) is 4.39 Å². The monoisotopic (exact) mass is 284 g/mol. The Hall–Kier alpha value is -2.69. The highest BCUT2D eigenvalue weighted by Gasteiger charge is 2.12. The Morgan fingerprint density at radius 3 is 2.48 bits per heavy atom. The van der Waals surface area contributed by atoms with E-state index in [1.165, 1.54) is 6.07 Å². The van der Waals surface area contributed by atoms with Gasteiger partial charge in [-0.3, -0.25) is 0 Å². The van der Waals surface area contributed by atoms with Crippen molar-refractivity contribution >= 4 is 0 Å². The predicted molar refractivity (Wildman–Crippen MR) is 76.3 cm³/mol. The number of phenolic OH excluding ortho intramolecular Hbond substituents is 1. The zero-order chi connectivity index (χ0) is 15.0. The molecule has 2 aromatic carbocycles. The van der Waals surface area contributed by atoms with E-state index >= 15 is 0 Å². The number of hydrogen-bond acceptors (Lipinski definition) is 4. The van der Waals surface area contributed by atoms with E-state index in [1.807, 2.05) is 0 Å². The largest absolute Gasteiger partial charge is 0.508 e. The number of aromatic nitrogens is 2. The van der Waals surface area contributed by atoms with Crippen LogP contribution in [0.1, 0.15) is 11.1 Å². The molecule has 106 valence electrons. The maximum absolute atomic E-state index is 13.3. The number of hydrogen-bond donors (Lipinski definition) is 1. The number of aryl methyl sites for hydroxylation is 2. The highest BCUT2D eigenvalue weighted by atomic mass is 19.1. The molecule has 5 heteroatoms. The molecular weight excluding hydrogens is 271 g/mol. The Balaban J connectivity index is 1.99. The molecule has 0 unspecified atom stereocenters. The number of aromatic hydroxyl groups is 1. The summed E-state index contributed by atoms with van der Waals surface area (Å²) in [6, 6.07) is 9.78. The molecule has 1 heterocycles. The van der Waals surface area contributed by atoms with Crippen LogP contribution in [0.2, 0.25) is 0 Å². The molecule has 0 aliphatic carbocycles. The first kappa shape index (κ1) is 13.3. The second-order valence-corrected chi connectivity index (χ2v) is 4.89. The zero-order valence-corrected chi connectivity index (χ0v) is 11.6. The minimum atomic E-state index is -0.272. The number of nitrogens with zero attached hydrogens (tertiary/aromatic N) is 2. The molecule has 1 aromatic heterocycles. The van der Waals surface area contributed by atoms with Gasteiger partial charge in [-0.2, -0.15) is 4.98 Å². The summed E-state index contributed by atoms with van der Waals surface area (Å²) in [5, 5.41) is 13.6. The Morgan fingerprint density at radius 2 is 1.76 bits per heavy atom. The predicted octanol–water partition coefficient (Wildman–Crippen LogP) is 3.87. The molecule has 0 spiro atoms. The summed E-state index contributed by atoms with van der Waals surface area (Å²) in [7, 11) is 0. The summed E-state index contributed by atoms with van der Waals surface area (Å²) < 4.78 is 18.5. The van der Waals surface area contributed by atoms with E-state index in [0.29, 0.717) is 28.4 Å². The van der Waals surface area contributed by atoms with Crippen LogP contribution in [-0.2, 0) is 0 Å². The van der Waals surface area contributed by atoms with Crippen molar-refractivity contribution in [1.29, 1.82) is 0 Å². The van der Waals surface area contributed by atoms with E-state index in [2.05, 4.69) is 10.1 Å².